The molecular weight excluding hydrogens is 216 g/mol. The van der Waals surface area contributed by atoms with Crippen molar-refractivity contribution < 1.29 is 4.74 Å². The number of hydrogen-bond donors (Lipinski definition) is 2. The highest BCUT2D eigenvalue weighted by atomic mass is 16.5. The van der Waals surface area contributed by atoms with E-state index in [2.05, 4.69) is 20.6 Å². The molecule has 2 N–H and O–H groups in total. The molecule has 1 spiro atoms. The maximum Gasteiger partial charge on any atom is 0.222 e. The lowest BCUT2D eigenvalue weighted by atomic mass is 9.88. The molecule has 0 saturated carbocycles. The fourth-order valence-electron chi connectivity index (χ4n) is 2.72. The van der Waals surface area contributed by atoms with Crippen molar-refractivity contribution in [1.82, 2.24) is 15.3 Å². The minimum Gasteiger partial charge on any atom is -0.373 e. The molecule has 1 aromatic rings. The number of hydrogen-bond acceptors (Lipinski definition) is 5. The molecule has 2 saturated heterocycles. The van der Waals surface area contributed by atoms with E-state index in [4.69, 9.17) is 4.74 Å². The first-order valence-electron chi connectivity index (χ1n) is 6.25. The maximum absolute atomic E-state index is 6.01. The van der Waals surface area contributed by atoms with Crippen LogP contribution in [0.4, 0.5) is 5.95 Å². The first-order chi connectivity index (χ1) is 8.36. The molecule has 5 heteroatoms. The molecular formula is C12H18N4O. The van der Waals surface area contributed by atoms with Crippen LogP contribution < -0.4 is 10.6 Å². The van der Waals surface area contributed by atoms with Crippen LogP contribution in [0.15, 0.2) is 18.5 Å². The lowest BCUT2D eigenvalue weighted by Crippen LogP contribution is -2.41. The number of nitrogens with zero attached hydrogens (tertiary/aromatic N) is 2. The lowest BCUT2D eigenvalue weighted by Gasteiger charge is -2.32. The van der Waals surface area contributed by atoms with Crippen molar-refractivity contribution in [2.45, 2.75) is 30.9 Å². The Morgan fingerprint density at radius 3 is 2.82 bits per heavy atom. The van der Waals surface area contributed by atoms with Crippen LogP contribution in [0.5, 0.6) is 0 Å². The van der Waals surface area contributed by atoms with E-state index in [0.717, 1.165) is 39.0 Å². The van der Waals surface area contributed by atoms with E-state index in [-0.39, 0.29) is 5.60 Å². The molecule has 17 heavy (non-hydrogen) atoms. The quantitative estimate of drug-likeness (QED) is 0.792. The Morgan fingerprint density at radius 1 is 1.29 bits per heavy atom. The van der Waals surface area contributed by atoms with Crippen molar-refractivity contribution in [3.05, 3.63) is 18.5 Å². The summed E-state index contributed by atoms with van der Waals surface area (Å²) < 4.78 is 6.01. The van der Waals surface area contributed by atoms with Gasteiger partial charge in [0.15, 0.2) is 0 Å². The van der Waals surface area contributed by atoms with Gasteiger partial charge in [-0.25, -0.2) is 9.97 Å². The van der Waals surface area contributed by atoms with Gasteiger partial charge in [0.05, 0.1) is 18.2 Å². The van der Waals surface area contributed by atoms with Crippen LogP contribution in [0, 0.1) is 0 Å². The van der Waals surface area contributed by atoms with Crippen molar-refractivity contribution in [3.63, 3.8) is 0 Å². The number of anilines is 1. The fourth-order valence-corrected chi connectivity index (χ4v) is 2.72. The summed E-state index contributed by atoms with van der Waals surface area (Å²) in [5.41, 5.74) is 0.0949. The SMILES string of the molecule is c1cnc(NC2COC3(CCNCC3)C2)nc1. The largest absolute Gasteiger partial charge is 0.373 e. The summed E-state index contributed by atoms with van der Waals surface area (Å²) in [6, 6.07) is 2.17. The zero-order valence-corrected chi connectivity index (χ0v) is 9.85. The second-order valence-corrected chi connectivity index (χ2v) is 4.86. The Morgan fingerprint density at radius 2 is 2.06 bits per heavy atom. The van der Waals surface area contributed by atoms with Gasteiger partial charge in [0.25, 0.3) is 0 Å². The van der Waals surface area contributed by atoms with Crippen LogP contribution in [0.2, 0.25) is 0 Å². The van der Waals surface area contributed by atoms with Crippen LogP contribution in [0.3, 0.4) is 0 Å². The normalized spacial score (nSPS) is 27.2. The van der Waals surface area contributed by atoms with Crippen LogP contribution in [0.25, 0.3) is 0 Å². The highest BCUT2D eigenvalue weighted by Gasteiger charge is 2.41. The fraction of sp³-hybridized carbons (Fsp3) is 0.667. The molecule has 3 heterocycles. The van der Waals surface area contributed by atoms with Gasteiger partial charge >= 0.3 is 0 Å². The predicted molar refractivity (Wildman–Crippen MR) is 64.8 cm³/mol. The van der Waals surface area contributed by atoms with Crippen LogP contribution >= 0.6 is 0 Å². The van der Waals surface area contributed by atoms with E-state index < -0.39 is 0 Å². The van der Waals surface area contributed by atoms with E-state index in [1.165, 1.54) is 0 Å². The molecule has 1 unspecified atom stereocenters. The van der Waals surface area contributed by atoms with Gasteiger partial charge in [-0.3, -0.25) is 0 Å². The van der Waals surface area contributed by atoms with Gasteiger partial charge in [-0.1, -0.05) is 0 Å². The van der Waals surface area contributed by atoms with Crippen molar-refractivity contribution in [1.29, 1.82) is 0 Å². The van der Waals surface area contributed by atoms with Crippen LogP contribution in [0.1, 0.15) is 19.3 Å². The Labute approximate surface area is 101 Å². The number of piperidine rings is 1. The van der Waals surface area contributed by atoms with Gasteiger partial charge < -0.3 is 15.4 Å². The third kappa shape index (κ3) is 2.40. The molecule has 0 aliphatic carbocycles. The zero-order chi connectivity index (χ0) is 11.6. The van der Waals surface area contributed by atoms with Crippen molar-refractivity contribution in [2.24, 2.45) is 0 Å². The molecule has 2 aliphatic rings. The van der Waals surface area contributed by atoms with Gasteiger partial charge in [-0.05, 0) is 38.4 Å². The zero-order valence-electron chi connectivity index (χ0n) is 9.85. The highest BCUT2D eigenvalue weighted by molar-refractivity contribution is 5.25. The monoisotopic (exact) mass is 234 g/mol. The molecule has 2 fully saturated rings. The standard InChI is InChI=1S/C12H18N4O/c1-4-14-11(15-5-1)16-10-8-12(17-9-10)2-6-13-7-3-12/h1,4-5,10,13H,2-3,6-9H2,(H,14,15,16). The second-order valence-electron chi connectivity index (χ2n) is 4.86. The van der Waals surface area contributed by atoms with Crippen LogP contribution in [-0.2, 0) is 4.74 Å². The summed E-state index contributed by atoms with van der Waals surface area (Å²) in [6.45, 7) is 2.89. The molecule has 2 aliphatic heterocycles. The summed E-state index contributed by atoms with van der Waals surface area (Å²) in [6.07, 6.45) is 6.80. The Bertz CT molecular complexity index is 364. The number of nitrogens with one attached hydrogen (secondary N) is 2. The number of aromatic nitrogens is 2. The van der Waals surface area contributed by atoms with Gasteiger partial charge in [0, 0.05) is 12.4 Å². The summed E-state index contributed by atoms with van der Waals surface area (Å²) in [7, 11) is 0. The third-order valence-electron chi connectivity index (χ3n) is 3.62. The lowest BCUT2D eigenvalue weighted by molar-refractivity contribution is -0.0192. The highest BCUT2D eigenvalue weighted by Crippen LogP contribution is 2.34. The van der Waals surface area contributed by atoms with Crippen molar-refractivity contribution >= 4 is 5.95 Å². The smallest absolute Gasteiger partial charge is 0.222 e. The summed E-state index contributed by atoms with van der Waals surface area (Å²) in [5, 5.41) is 6.72. The van der Waals surface area contributed by atoms with Gasteiger partial charge in [0.1, 0.15) is 0 Å². The average Bonchev–Trinajstić information content (AvgIpc) is 2.74. The number of ether oxygens (including phenoxy) is 1. The average molecular weight is 234 g/mol. The molecule has 92 valence electrons. The van der Waals surface area contributed by atoms with Gasteiger partial charge in [-0.2, -0.15) is 0 Å². The Hall–Kier alpha value is -1.20. The minimum atomic E-state index is 0.0949. The van der Waals surface area contributed by atoms with E-state index >= 15 is 0 Å². The van der Waals surface area contributed by atoms with Crippen molar-refractivity contribution in [3.8, 4) is 0 Å². The molecule has 0 bridgehead atoms. The molecule has 5 nitrogen and oxygen atoms in total. The van der Waals surface area contributed by atoms with E-state index in [9.17, 15) is 0 Å². The molecule has 0 amide bonds. The van der Waals surface area contributed by atoms with Gasteiger partial charge in [-0.15, -0.1) is 0 Å². The second kappa shape index (κ2) is 4.58. The maximum atomic E-state index is 6.01. The minimum absolute atomic E-state index is 0.0949. The van der Waals surface area contributed by atoms with Crippen molar-refractivity contribution in [2.75, 3.05) is 25.0 Å². The van der Waals surface area contributed by atoms with E-state index in [1.54, 1.807) is 12.4 Å². The molecule has 0 radical (unpaired) electrons. The first kappa shape index (κ1) is 10.9. The molecule has 1 atom stereocenters. The molecule has 1 aromatic heterocycles. The number of rotatable bonds is 2. The molecule has 0 aromatic carbocycles. The topological polar surface area (TPSA) is 59.1 Å². The summed E-state index contributed by atoms with van der Waals surface area (Å²) in [5.74, 6) is 0.701. The predicted octanol–water partition coefficient (Wildman–Crippen LogP) is 0.800. The molecule has 3 rings (SSSR count). The van der Waals surface area contributed by atoms with E-state index in [1.807, 2.05) is 6.07 Å². The van der Waals surface area contributed by atoms with Crippen LogP contribution in [-0.4, -0.2) is 41.3 Å². The summed E-state index contributed by atoms with van der Waals surface area (Å²) in [4.78, 5) is 8.37. The Balaban J connectivity index is 1.60. The summed E-state index contributed by atoms with van der Waals surface area (Å²) >= 11 is 0. The van der Waals surface area contributed by atoms with Gasteiger partial charge in [0.2, 0.25) is 5.95 Å². The Kier molecular flexibility index (Phi) is 2.94. The van der Waals surface area contributed by atoms with E-state index in [0.29, 0.717) is 12.0 Å². The first-order valence-corrected chi connectivity index (χ1v) is 6.25. The third-order valence-corrected chi connectivity index (χ3v) is 3.62.